The third-order valence-electron chi connectivity index (χ3n) is 4.91. The molecule has 2 amide bonds. The Bertz CT molecular complexity index is 904. The number of carbonyl (C=O) groups is 2. The van der Waals surface area contributed by atoms with Crippen LogP contribution in [-0.2, 0) is 4.79 Å². The summed E-state index contributed by atoms with van der Waals surface area (Å²) in [5.41, 5.74) is 6.08. The first-order valence-corrected chi connectivity index (χ1v) is 11.3. The zero-order valence-corrected chi connectivity index (χ0v) is 20.0. The molecule has 0 aromatic heterocycles. The molecule has 8 heteroatoms. The van der Waals surface area contributed by atoms with Crippen molar-refractivity contribution in [1.82, 2.24) is 10.9 Å². The lowest BCUT2D eigenvalue weighted by atomic mass is 9.98. The second-order valence-corrected chi connectivity index (χ2v) is 7.24. The highest BCUT2D eigenvalue weighted by atomic mass is 16.5. The van der Waals surface area contributed by atoms with E-state index in [-0.39, 0.29) is 12.2 Å². The lowest BCUT2D eigenvalue weighted by Gasteiger charge is -2.17. The van der Waals surface area contributed by atoms with E-state index in [0.29, 0.717) is 48.7 Å². The Kier molecular flexibility index (Phi) is 10.3. The van der Waals surface area contributed by atoms with Crippen molar-refractivity contribution in [3.8, 4) is 23.0 Å². The summed E-state index contributed by atoms with van der Waals surface area (Å²) in [6, 6.07) is 10.7. The fourth-order valence-corrected chi connectivity index (χ4v) is 3.14. The van der Waals surface area contributed by atoms with E-state index in [4.69, 9.17) is 18.9 Å². The number of para-hydroxylation sites is 1. The largest absolute Gasteiger partial charge is 0.490 e. The average molecular weight is 459 g/mol. The number of hydrazine groups is 1. The third-order valence-corrected chi connectivity index (χ3v) is 4.91. The van der Waals surface area contributed by atoms with Gasteiger partial charge in [-0.05, 0) is 56.9 Å². The maximum absolute atomic E-state index is 12.7. The highest BCUT2D eigenvalue weighted by Crippen LogP contribution is 2.39. The van der Waals surface area contributed by atoms with Crippen LogP contribution in [0.1, 0.15) is 62.9 Å². The Balaban J connectivity index is 2.04. The van der Waals surface area contributed by atoms with Gasteiger partial charge in [-0.2, -0.15) is 0 Å². The molecule has 0 radical (unpaired) electrons. The van der Waals surface area contributed by atoms with Gasteiger partial charge in [0.25, 0.3) is 11.8 Å². The first kappa shape index (κ1) is 25.8. The number of benzene rings is 2. The normalized spacial score (nSPS) is 11.3. The van der Waals surface area contributed by atoms with Gasteiger partial charge >= 0.3 is 0 Å². The van der Waals surface area contributed by atoms with Gasteiger partial charge in [-0.1, -0.05) is 32.0 Å². The Morgan fingerprint density at radius 2 is 1.42 bits per heavy atom. The van der Waals surface area contributed by atoms with Gasteiger partial charge < -0.3 is 18.9 Å². The number of rotatable bonds is 12. The van der Waals surface area contributed by atoms with Crippen molar-refractivity contribution in [2.24, 2.45) is 0 Å². The number of nitrogens with one attached hydrogen (secondary N) is 2. The van der Waals surface area contributed by atoms with E-state index in [1.807, 2.05) is 45.0 Å². The molecule has 0 heterocycles. The van der Waals surface area contributed by atoms with Crippen LogP contribution in [-0.4, -0.2) is 38.2 Å². The molecule has 1 atom stereocenters. The highest BCUT2D eigenvalue weighted by Gasteiger charge is 2.19. The summed E-state index contributed by atoms with van der Waals surface area (Å²) in [6.07, 6.45) is 0.957. The van der Waals surface area contributed by atoms with Gasteiger partial charge in [-0.25, -0.2) is 0 Å². The molecule has 2 rings (SSSR count). The van der Waals surface area contributed by atoms with Crippen molar-refractivity contribution in [2.45, 2.75) is 47.0 Å². The van der Waals surface area contributed by atoms with Gasteiger partial charge in [-0.15, -0.1) is 0 Å². The minimum Gasteiger partial charge on any atom is -0.490 e. The minimum atomic E-state index is -0.520. The quantitative estimate of drug-likeness (QED) is 0.462. The minimum absolute atomic E-state index is 0.231. The Labute approximate surface area is 195 Å². The predicted molar refractivity (Wildman–Crippen MR) is 126 cm³/mol. The number of amides is 2. The van der Waals surface area contributed by atoms with E-state index in [1.165, 1.54) is 0 Å². The van der Waals surface area contributed by atoms with E-state index in [0.717, 1.165) is 12.0 Å². The molecule has 2 N–H and O–H groups in total. The summed E-state index contributed by atoms with van der Waals surface area (Å²) >= 11 is 0. The summed E-state index contributed by atoms with van der Waals surface area (Å²) in [6.45, 7) is 10.7. The molecular weight excluding hydrogens is 424 g/mol. The Morgan fingerprint density at radius 1 is 0.818 bits per heavy atom. The van der Waals surface area contributed by atoms with Crippen LogP contribution < -0.4 is 29.8 Å². The number of hydrogen-bond donors (Lipinski definition) is 2. The zero-order chi connectivity index (χ0) is 24.2. The molecule has 0 fully saturated rings. The van der Waals surface area contributed by atoms with E-state index in [9.17, 15) is 9.59 Å². The third kappa shape index (κ3) is 7.30. The van der Waals surface area contributed by atoms with Crippen LogP contribution in [0.2, 0.25) is 0 Å². The molecule has 2 aromatic rings. The Morgan fingerprint density at radius 3 is 2.00 bits per heavy atom. The number of hydrogen-bond acceptors (Lipinski definition) is 6. The SMILES string of the molecule is CCOc1cc(C(=O)NNC(=O)COc2ccccc2C(C)CC)cc(OCC)c1OCC. The van der Waals surface area contributed by atoms with Crippen molar-refractivity contribution in [3.05, 3.63) is 47.5 Å². The first-order chi connectivity index (χ1) is 15.9. The maximum atomic E-state index is 12.7. The van der Waals surface area contributed by atoms with E-state index in [1.54, 1.807) is 12.1 Å². The van der Waals surface area contributed by atoms with Crippen molar-refractivity contribution < 1.29 is 28.5 Å². The van der Waals surface area contributed by atoms with Crippen LogP contribution >= 0.6 is 0 Å². The van der Waals surface area contributed by atoms with Gasteiger partial charge in [0.2, 0.25) is 5.75 Å². The van der Waals surface area contributed by atoms with Crippen molar-refractivity contribution in [3.63, 3.8) is 0 Å². The van der Waals surface area contributed by atoms with E-state index in [2.05, 4.69) is 24.7 Å². The fraction of sp³-hybridized carbons (Fsp3) is 0.440. The van der Waals surface area contributed by atoms with Crippen LogP contribution in [0.25, 0.3) is 0 Å². The number of ether oxygens (including phenoxy) is 4. The van der Waals surface area contributed by atoms with Crippen molar-refractivity contribution in [2.75, 3.05) is 26.4 Å². The van der Waals surface area contributed by atoms with E-state index >= 15 is 0 Å². The summed E-state index contributed by atoms with van der Waals surface area (Å²) in [5.74, 6) is 1.19. The summed E-state index contributed by atoms with van der Waals surface area (Å²) < 4.78 is 22.6. The van der Waals surface area contributed by atoms with Crippen LogP contribution in [0.15, 0.2) is 36.4 Å². The molecule has 0 aliphatic rings. The maximum Gasteiger partial charge on any atom is 0.276 e. The molecule has 1 unspecified atom stereocenters. The van der Waals surface area contributed by atoms with Crippen LogP contribution in [0.4, 0.5) is 0 Å². The number of carbonyl (C=O) groups excluding carboxylic acids is 2. The summed E-state index contributed by atoms with van der Waals surface area (Å²) in [4.78, 5) is 24.9. The molecule has 0 spiro atoms. The Hall–Kier alpha value is -3.42. The molecule has 0 aliphatic heterocycles. The van der Waals surface area contributed by atoms with Crippen LogP contribution in [0.5, 0.6) is 23.0 Å². The zero-order valence-electron chi connectivity index (χ0n) is 20.0. The van der Waals surface area contributed by atoms with Gasteiger partial charge in [0.1, 0.15) is 5.75 Å². The molecule has 2 aromatic carbocycles. The average Bonchev–Trinajstić information content (AvgIpc) is 2.83. The van der Waals surface area contributed by atoms with Gasteiger partial charge in [0, 0.05) is 5.56 Å². The molecule has 0 saturated heterocycles. The smallest absolute Gasteiger partial charge is 0.276 e. The second kappa shape index (κ2) is 13.2. The van der Waals surface area contributed by atoms with Gasteiger partial charge in [0.05, 0.1) is 19.8 Å². The molecule has 180 valence electrons. The predicted octanol–water partition coefficient (Wildman–Crippen LogP) is 4.24. The lowest BCUT2D eigenvalue weighted by Crippen LogP contribution is -2.43. The van der Waals surface area contributed by atoms with Crippen molar-refractivity contribution >= 4 is 11.8 Å². The van der Waals surface area contributed by atoms with Crippen LogP contribution in [0, 0.1) is 0 Å². The van der Waals surface area contributed by atoms with E-state index < -0.39 is 11.8 Å². The van der Waals surface area contributed by atoms with Crippen LogP contribution in [0.3, 0.4) is 0 Å². The topological polar surface area (TPSA) is 95.1 Å². The highest BCUT2D eigenvalue weighted by molar-refractivity contribution is 5.96. The molecule has 0 saturated carbocycles. The molecule has 0 aliphatic carbocycles. The monoisotopic (exact) mass is 458 g/mol. The van der Waals surface area contributed by atoms with Crippen molar-refractivity contribution in [1.29, 1.82) is 0 Å². The first-order valence-electron chi connectivity index (χ1n) is 11.3. The van der Waals surface area contributed by atoms with Gasteiger partial charge in [0.15, 0.2) is 18.1 Å². The molecule has 8 nitrogen and oxygen atoms in total. The standard InChI is InChI=1S/C25H34N2O6/c1-6-17(5)19-12-10-11-13-20(19)33-16-23(28)26-27-25(29)18-14-21(30-7-2)24(32-9-4)22(15-18)31-8-3/h10-15,17H,6-9,16H2,1-5H3,(H,26,28)(H,27,29). The fourth-order valence-electron chi connectivity index (χ4n) is 3.14. The summed E-state index contributed by atoms with van der Waals surface area (Å²) in [5, 5.41) is 0. The second-order valence-electron chi connectivity index (χ2n) is 7.24. The summed E-state index contributed by atoms with van der Waals surface area (Å²) in [7, 11) is 0. The molecular formula is C25H34N2O6. The molecule has 33 heavy (non-hydrogen) atoms. The lowest BCUT2D eigenvalue weighted by molar-refractivity contribution is -0.123. The molecule has 0 bridgehead atoms. The van der Waals surface area contributed by atoms with Gasteiger partial charge in [-0.3, -0.25) is 20.4 Å².